The second-order valence-corrected chi connectivity index (χ2v) is 3.92. The van der Waals surface area contributed by atoms with Crippen LogP contribution < -0.4 is 16.0 Å². The fourth-order valence-corrected chi connectivity index (χ4v) is 1.86. The predicted octanol–water partition coefficient (Wildman–Crippen LogP) is 0.372. The van der Waals surface area contributed by atoms with Crippen LogP contribution in [0.25, 0.3) is 0 Å². The van der Waals surface area contributed by atoms with Crippen molar-refractivity contribution < 1.29 is 4.92 Å². The van der Waals surface area contributed by atoms with Crippen molar-refractivity contribution in [1.82, 2.24) is 10.3 Å². The predicted molar refractivity (Wildman–Crippen MR) is 65.0 cm³/mol. The third-order valence-corrected chi connectivity index (χ3v) is 2.75. The number of hydrogen-bond acceptors (Lipinski definition) is 6. The molecule has 2 heterocycles. The van der Waals surface area contributed by atoms with E-state index in [1.165, 1.54) is 6.07 Å². The molecule has 0 spiro atoms. The molecule has 7 heteroatoms. The van der Waals surface area contributed by atoms with Gasteiger partial charge in [0, 0.05) is 25.7 Å². The summed E-state index contributed by atoms with van der Waals surface area (Å²) >= 11 is 0. The number of rotatable bonds is 2. The first-order chi connectivity index (χ1) is 8.18. The molecule has 0 amide bonds. The lowest BCUT2D eigenvalue weighted by Gasteiger charge is -2.20. The minimum absolute atomic E-state index is 0.0234. The summed E-state index contributed by atoms with van der Waals surface area (Å²) in [4.78, 5) is 16.3. The van der Waals surface area contributed by atoms with E-state index in [9.17, 15) is 10.1 Å². The first-order valence-electron chi connectivity index (χ1n) is 5.55. The van der Waals surface area contributed by atoms with Gasteiger partial charge in [-0.25, -0.2) is 4.98 Å². The van der Waals surface area contributed by atoms with E-state index in [2.05, 4.69) is 15.2 Å². The van der Waals surface area contributed by atoms with E-state index in [1.54, 1.807) is 6.07 Å². The Kier molecular flexibility index (Phi) is 3.38. The number of nitrogen functional groups attached to an aromatic ring is 1. The lowest BCUT2D eigenvalue weighted by atomic mass is 10.3. The van der Waals surface area contributed by atoms with Crippen LogP contribution in [0.2, 0.25) is 0 Å². The molecule has 0 radical (unpaired) electrons. The Labute approximate surface area is 98.8 Å². The van der Waals surface area contributed by atoms with Gasteiger partial charge in [0.2, 0.25) is 5.82 Å². The minimum atomic E-state index is -0.518. The van der Waals surface area contributed by atoms with Crippen LogP contribution in [-0.4, -0.2) is 36.1 Å². The molecule has 17 heavy (non-hydrogen) atoms. The van der Waals surface area contributed by atoms with E-state index in [1.807, 2.05) is 0 Å². The molecular formula is C10H15N5O2. The lowest BCUT2D eigenvalue weighted by molar-refractivity contribution is -0.384. The highest BCUT2D eigenvalue weighted by molar-refractivity contribution is 5.58. The fourth-order valence-electron chi connectivity index (χ4n) is 1.86. The molecular weight excluding hydrogens is 222 g/mol. The zero-order chi connectivity index (χ0) is 12.3. The first kappa shape index (κ1) is 11.6. The van der Waals surface area contributed by atoms with Crippen LogP contribution in [-0.2, 0) is 0 Å². The maximum absolute atomic E-state index is 10.6. The van der Waals surface area contributed by atoms with Gasteiger partial charge in [-0.1, -0.05) is 0 Å². The molecule has 1 aromatic rings. The summed E-state index contributed by atoms with van der Waals surface area (Å²) in [6.07, 6.45) is 1.03. The quantitative estimate of drug-likeness (QED) is 0.569. The van der Waals surface area contributed by atoms with E-state index < -0.39 is 4.92 Å². The van der Waals surface area contributed by atoms with Gasteiger partial charge >= 0.3 is 5.69 Å². The molecule has 0 unspecified atom stereocenters. The zero-order valence-electron chi connectivity index (χ0n) is 9.43. The van der Waals surface area contributed by atoms with Crippen LogP contribution in [0.1, 0.15) is 6.42 Å². The maximum Gasteiger partial charge on any atom is 0.311 e. The van der Waals surface area contributed by atoms with Gasteiger partial charge in [-0.3, -0.25) is 10.1 Å². The van der Waals surface area contributed by atoms with Crippen molar-refractivity contribution >= 4 is 17.3 Å². The smallest absolute Gasteiger partial charge is 0.311 e. The van der Waals surface area contributed by atoms with Gasteiger partial charge < -0.3 is 16.0 Å². The number of pyridine rings is 1. The zero-order valence-corrected chi connectivity index (χ0v) is 9.43. The van der Waals surface area contributed by atoms with Crippen molar-refractivity contribution in [2.45, 2.75) is 6.42 Å². The number of nitrogens with one attached hydrogen (secondary N) is 1. The SMILES string of the molecule is Nc1nc(N2CCCNCC2)ccc1[N+](=O)[O-]. The molecule has 1 aromatic heterocycles. The van der Waals surface area contributed by atoms with E-state index in [0.717, 1.165) is 32.6 Å². The van der Waals surface area contributed by atoms with Crippen LogP contribution >= 0.6 is 0 Å². The average molecular weight is 237 g/mol. The van der Waals surface area contributed by atoms with Crippen molar-refractivity contribution in [2.75, 3.05) is 36.8 Å². The van der Waals surface area contributed by atoms with Crippen LogP contribution in [0.5, 0.6) is 0 Å². The highest BCUT2D eigenvalue weighted by Gasteiger charge is 2.16. The molecule has 0 aromatic carbocycles. The van der Waals surface area contributed by atoms with Gasteiger partial charge in [0.05, 0.1) is 4.92 Å². The number of nitrogens with two attached hydrogens (primary N) is 1. The monoisotopic (exact) mass is 237 g/mol. The summed E-state index contributed by atoms with van der Waals surface area (Å²) in [5, 5.41) is 13.9. The standard InChI is InChI=1S/C10H15N5O2/c11-10-8(15(16)17)2-3-9(13-10)14-6-1-4-12-5-7-14/h2-3,12H,1,4-7H2,(H2,11,13). The lowest BCUT2D eigenvalue weighted by Crippen LogP contribution is -2.28. The number of nitro groups is 1. The van der Waals surface area contributed by atoms with E-state index >= 15 is 0 Å². The highest BCUT2D eigenvalue weighted by atomic mass is 16.6. The summed E-state index contributed by atoms with van der Waals surface area (Å²) in [5.74, 6) is 0.682. The first-order valence-corrected chi connectivity index (χ1v) is 5.55. The summed E-state index contributed by atoms with van der Waals surface area (Å²) in [5.41, 5.74) is 5.44. The van der Waals surface area contributed by atoms with Gasteiger partial charge in [0.1, 0.15) is 5.82 Å². The normalized spacial score (nSPS) is 16.6. The van der Waals surface area contributed by atoms with Crippen molar-refractivity contribution in [3.63, 3.8) is 0 Å². The number of nitrogens with zero attached hydrogens (tertiary/aromatic N) is 3. The Bertz CT molecular complexity index is 415. The molecule has 1 fully saturated rings. The molecule has 7 nitrogen and oxygen atoms in total. The van der Waals surface area contributed by atoms with Crippen molar-refractivity contribution in [3.8, 4) is 0 Å². The molecule has 1 aliphatic rings. The summed E-state index contributed by atoms with van der Waals surface area (Å²) in [6, 6.07) is 3.07. The van der Waals surface area contributed by atoms with E-state index in [-0.39, 0.29) is 11.5 Å². The van der Waals surface area contributed by atoms with E-state index in [4.69, 9.17) is 5.73 Å². The third kappa shape index (κ3) is 2.62. The molecule has 92 valence electrons. The van der Waals surface area contributed by atoms with Crippen molar-refractivity contribution in [3.05, 3.63) is 22.2 Å². The Balaban J connectivity index is 2.21. The van der Waals surface area contributed by atoms with Gasteiger partial charge in [0.15, 0.2) is 0 Å². The number of anilines is 2. The molecule has 3 N–H and O–H groups in total. The molecule has 0 saturated carbocycles. The van der Waals surface area contributed by atoms with Crippen molar-refractivity contribution in [1.29, 1.82) is 0 Å². The topological polar surface area (TPSA) is 97.3 Å². The van der Waals surface area contributed by atoms with Gasteiger partial charge in [0.25, 0.3) is 0 Å². The second kappa shape index (κ2) is 4.96. The van der Waals surface area contributed by atoms with Crippen molar-refractivity contribution in [2.24, 2.45) is 0 Å². The van der Waals surface area contributed by atoms with Gasteiger partial charge in [-0.2, -0.15) is 0 Å². The molecule has 0 aliphatic carbocycles. The Morgan fingerprint density at radius 1 is 1.41 bits per heavy atom. The highest BCUT2D eigenvalue weighted by Crippen LogP contribution is 2.23. The van der Waals surface area contributed by atoms with Crippen LogP contribution in [0.4, 0.5) is 17.3 Å². The molecule has 0 bridgehead atoms. The Morgan fingerprint density at radius 3 is 2.94 bits per heavy atom. The van der Waals surface area contributed by atoms with Crippen LogP contribution in [0.3, 0.4) is 0 Å². The average Bonchev–Trinajstić information content (AvgIpc) is 2.56. The Morgan fingerprint density at radius 2 is 2.24 bits per heavy atom. The summed E-state index contributed by atoms with van der Waals surface area (Å²) < 4.78 is 0. The minimum Gasteiger partial charge on any atom is -0.378 e. The third-order valence-electron chi connectivity index (χ3n) is 2.75. The fraction of sp³-hybridized carbons (Fsp3) is 0.500. The molecule has 0 atom stereocenters. The molecule has 1 aliphatic heterocycles. The largest absolute Gasteiger partial charge is 0.378 e. The summed E-state index contributed by atoms with van der Waals surface area (Å²) in [6.45, 7) is 3.60. The summed E-state index contributed by atoms with van der Waals surface area (Å²) in [7, 11) is 0. The number of aromatic nitrogens is 1. The van der Waals surface area contributed by atoms with Gasteiger partial charge in [-0.15, -0.1) is 0 Å². The molecule has 1 saturated heterocycles. The molecule has 2 rings (SSSR count). The second-order valence-electron chi connectivity index (χ2n) is 3.92. The Hall–Kier alpha value is -1.89. The van der Waals surface area contributed by atoms with Crippen LogP contribution in [0, 0.1) is 10.1 Å². The van der Waals surface area contributed by atoms with E-state index in [0.29, 0.717) is 5.82 Å². The van der Waals surface area contributed by atoms with Crippen LogP contribution in [0.15, 0.2) is 12.1 Å². The van der Waals surface area contributed by atoms with Gasteiger partial charge in [-0.05, 0) is 19.0 Å². The number of hydrogen-bond donors (Lipinski definition) is 2. The maximum atomic E-state index is 10.6.